The fraction of sp³-hybridized carbons (Fsp3) is 0.286. The maximum Gasteiger partial charge on any atom is 0.325 e. The molecule has 0 saturated heterocycles. The fourth-order valence-electron chi connectivity index (χ4n) is 1.44. The van der Waals surface area contributed by atoms with E-state index in [2.05, 4.69) is 20.7 Å². The van der Waals surface area contributed by atoms with E-state index in [9.17, 15) is 9.59 Å². The standard InChI is InChI=1S/C14H16BrNO3/c1-3-16(10-14(18)19-2)13(17)9-8-11-6-4-5-7-12(11)15/h4-9H,3,10H2,1-2H3/b9-8+. The second-order valence-corrected chi connectivity index (χ2v) is 4.64. The summed E-state index contributed by atoms with van der Waals surface area (Å²) in [5.74, 6) is -0.645. The second-order valence-electron chi connectivity index (χ2n) is 3.78. The van der Waals surface area contributed by atoms with E-state index < -0.39 is 5.97 Å². The zero-order valence-corrected chi connectivity index (χ0v) is 12.5. The molecule has 1 rings (SSSR count). The van der Waals surface area contributed by atoms with Crippen LogP contribution in [-0.4, -0.2) is 37.0 Å². The first-order valence-corrected chi connectivity index (χ1v) is 6.66. The number of carbonyl (C=O) groups excluding carboxylic acids is 2. The molecular formula is C14H16BrNO3. The Labute approximate surface area is 121 Å². The smallest absolute Gasteiger partial charge is 0.325 e. The zero-order chi connectivity index (χ0) is 14.3. The van der Waals surface area contributed by atoms with Crippen LogP contribution in [0, 0.1) is 0 Å². The van der Waals surface area contributed by atoms with Crippen LogP contribution in [-0.2, 0) is 14.3 Å². The number of rotatable bonds is 5. The Kier molecular flexibility index (Phi) is 6.29. The molecule has 0 radical (unpaired) electrons. The van der Waals surface area contributed by atoms with Gasteiger partial charge in [0.2, 0.25) is 5.91 Å². The molecule has 0 heterocycles. The molecular weight excluding hydrogens is 310 g/mol. The van der Waals surface area contributed by atoms with Crippen LogP contribution in [0.3, 0.4) is 0 Å². The molecule has 102 valence electrons. The van der Waals surface area contributed by atoms with Gasteiger partial charge in [-0.25, -0.2) is 0 Å². The van der Waals surface area contributed by atoms with Crippen LogP contribution in [0.15, 0.2) is 34.8 Å². The van der Waals surface area contributed by atoms with Crippen LogP contribution in [0.4, 0.5) is 0 Å². The van der Waals surface area contributed by atoms with E-state index in [4.69, 9.17) is 0 Å². The van der Waals surface area contributed by atoms with Gasteiger partial charge in [0.05, 0.1) is 7.11 Å². The van der Waals surface area contributed by atoms with Gasteiger partial charge in [-0.05, 0) is 24.6 Å². The molecule has 0 aliphatic rings. The quantitative estimate of drug-likeness (QED) is 0.617. The number of methoxy groups -OCH3 is 1. The summed E-state index contributed by atoms with van der Waals surface area (Å²) in [6.45, 7) is 2.23. The molecule has 5 heteroatoms. The summed E-state index contributed by atoms with van der Waals surface area (Å²) in [6.07, 6.45) is 3.17. The minimum absolute atomic E-state index is 0.0356. The minimum Gasteiger partial charge on any atom is -0.468 e. The lowest BCUT2D eigenvalue weighted by Gasteiger charge is -2.17. The van der Waals surface area contributed by atoms with Crippen LogP contribution in [0.5, 0.6) is 0 Å². The van der Waals surface area contributed by atoms with Gasteiger partial charge in [-0.1, -0.05) is 34.1 Å². The van der Waals surface area contributed by atoms with E-state index in [-0.39, 0.29) is 12.5 Å². The topological polar surface area (TPSA) is 46.6 Å². The van der Waals surface area contributed by atoms with Crippen molar-refractivity contribution >= 4 is 33.9 Å². The fourth-order valence-corrected chi connectivity index (χ4v) is 1.86. The number of ether oxygens (including phenoxy) is 1. The largest absolute Gasteiger partial charge is 0.468 e. The first-order chi connectivity index (χ1) is 9.08. The molecule has 1 aromatic carbocycles. The Balaban J connectivity index is 2.72. The maximum atomic E-state index is 11.9. The molecule has 19 heavy (non-hydrogen) atoms. The van der Waals surface area contributed by atoms with Gasteiger partial charge in [-0.15, -0.1) is 0 Å². The number of esters is 1. The SMILES string of the molecule is CCN(CC(=O)OC)C(=O)/C=C/c1ccccc1Br. The molecule has 0 atom stereocenters. The average Bonchev–Trinajstić information content (AvgIpc) is 2.43. The van der Waals surface area contributed by atoms with Gasteiger partial charge in [0.25, 0.3) is 0 Å². The van der Waals surface area contributed by atoms with E-state index in [0.717, 1.165) is 10.0 Å². The van der Waals surface area contributed by atoms with Gasteiger partial charge < -0.3 is 9.64 Å². The third-order valence-corrected chi connectivity index (χ3v) is 3.27. The lowest BCUT2D eigenvalue weighted by atomic mass is 10.2. The number of benzene rings is 1. The Morgan fingerprint density at radius 1 is 1.37 bits per heavy atom. The summed E-state index contributed by atoms with van der Waals surface area (Å²) < 4.78 is 5.46. The highest BCUT2D eigenvalue weighted by molar-refractivity contribution is 9.10. The lowest BCUT2D eigenvalue weighted by Crippen LogP contribution is -2.34. The molecule has 1 amide bonds. The van der Waals surface area contributed by atoms with E-state index >= 15 is 0 Å². The van der Waals surface area contributed by atoms with Crippen molar-refractivity contribution in [2.24, 2.45) is 0 Å². The molecule has 0 unspecified atom stereocenters. The van der Waals surface area contributed by atoms with E-state index in [1.807, 2.05) is 31.2 Å². The van der Waals surface area contributed by atoms with Crippen LogP contribution in [0.25, 0.3) is 6.08 Å². The first kappa shape index (κ1) is 15.4. The molecule has 0 spiro atoms. The molecule has 0 aliphatic heterocycles. The Hall–Kier alpha value is -1.62. The van der Waals surface area contributed by atoms with E-state index in [1.54, 1.807) is 6.08 Å². The number of likely N-dealkylation sites (N-methyl/N-ethyl adjacent to an activating group) is 1. The highest BCUT2D eigenvalue weighted by Crippen LogP contribution is 2.17. The summed E-state index contributed by atoms with van der Waals surface area (Å²) in [5.41, 5.74) is 0.907. The Bertz CT molecular complexity index is 485. The first-order valence-electron chi connectivity index (χ1n) is 5.86. The van der Waals surface area contributed by atoms with Gasteiger partial charge in [-0.2, -0.15) is 0 Å². The van der Waals surface area contributed by atoms with Crippen LogP contribution in [0.2, 0.25) is 0 Å². The van der Waals surface area contributed by atoms with Crippen molar-refractivity contribution in [1.82, 2.24) is 4.90 Å². The number of amides is 1. The number of carbonyl (C=O) groups is 2. The van der Waals surface area contributed by atoms with Gasteiger partial charge in [0.15, 0.2) is 0 Å². The molecule has 0 saturated carbocycles. The van der Waals surface area contributed by atoms with Crippen LogP contribution >= 0.6 is 15.9 Å². The van der Waals surface area contributed by atoms with E-state index in [1.165, 1.54) is 18.1 Å². The molecule has 4 nitrogen and oxygen atoms in total. The predicted octanol–water partition coefficient (Wildman–Crippen LogP) is 2.48. The lowest BCUT2D eigenvalue weighted by molar-refractivity contribution is -0.145. The summed E-state index contributed by atoms with van der Waals surface area (Å²) in [6, 6.07) is 7.58. The normalized spacial score (nSPS) is 10.5. The van der Waals surface area contributed by atoms with Crippen molar-refractivity contribution in [3.05, 3.63) is 40.4 Å². The van der Waals surface area contributed by atoms with Crippen molar-refractivity contribution in [3.63, 3.8) is 0 Å². The van der Waals surface area contributed by atoms with Crippen molar-refractivity contribution in [3.8, 4) is 0 Å². The van der Waals surface area contributed by atoms with Gasteiger partial charge in [0.1, 0.15) is 6.54 Å². The third-order valence-electron chi connectivity index (χ3n) is 2.55. The van der Waals surface area contributed by atoms with Gasteiger partial charge in [-0.3, -0.25) is 9.59 Å². The van der Waals surface area contributed by atoms with Crippen molar-refractivity contribution < 1.29 is 14.3 Å². The van der Waals surface area contributed by atoms with E-state index in [0.29, 0.717) is 6.54 Å². The predicted molar refractivity (Wildman–Crippen MR) is 77.4 cm³/mol. The zero-order valence-electron chi connectivity index (χ0n) is 10.9. The monoisotopic (exact) mass is 325 g/mol. The molecule has 0 aliphatic carbocycles. The molecule has 1 aromatic rings. The Morgan fingerprint density at radius 3 is 2.63 bits per heavy atom. The third kappa shape index (κ3) is 4.87. The Morgan fingerprint density at radius 2 is 2.05 bits per heavy atom. The van der Waals surface area contributed by atoms with Crippen molar-refractivity contribution in [1.29, 1.82) is 0 Å². The summed E-state index contributed by atoms with van der Waals surface area (Å²) in [7, 11) is 1.30. The number of hydrogen-bond acceptors (Lipinski definition) is 3. The highest BCUT2D eigenvalue weighted by Gasteiger charge is 2.13. The van der Waals surface area contributed by atoms with Gasteiger partial charge >= 0.3 is 5.97 Å². The minimum atomic E-state index is -0.426. The average molecular weight is 326 g/mol. The highest BCUT2D eigenvalue weighted by atomic mass is 79.9. The summed E-state index contributed by atoms with van der Waals surface area (Å²) in [5, 5.41) is 0. The van der Waals surface area contributed by atoms with Gasteiger partial charge in [0, 0.05) is 17.1 Å². The van der Waals surface area contributed by atoms with Crippen LogP contribution < -0.4 is 0 Å². The molecule has 0 fully saturated rings. The number of halogens is 1. The molecule has 0 bridgehead atoms. The molecule has 0 N–H and O–H groups in total. The summed E-state index contributed by atoms with van der Waals surface area (Å²) >= 11 is 3.40. The number of nitrogens with zero attached hydrogens (tertiary/aromatic N) is 1. The van der Waals surface area contributed by atoms with Crippen molar-refractivity contribution in [2.75, 3.05) is 20.2 Å². The second kappa shape index (κ2) is 7.74. The summed E-state index contributed by atoms with van der Waals surface area (Å²) in [4.78, 5) is 24.5. The molecule has 0 aromatic heterocycles. The van der Waals surface area contributed by atoms with Crippen LogP contribution in [0.1, 0.15) is 12.5 Å². The van der Waals surface area contributed by atoms with Crippen molar-refractivity contribution in [2.45, 2.75) is 6.92 Å². The maximum absolute atomic E-state index is 11.9. The number of hydrogen-bond donors (Lipinski definition) is 0.